The van der Waals surface area contributed by atoms with Crippen LogP contribution in [0.4, 0.5) is 8.78 Å². The maximum absolute atomic E-state index is 13.7. The fraction of sp³-hybridized carbons (Fsp3) is 0.118. The predicted octanol–water partition coefficient (Wildman–Crippen LogP) is 3.16. The summed E-state index contributed by atoms with van der Waals surface area (Å²) in [6.07, 6.45) is 1.87. The van der Waals surface area contributed by atoms with Gasteiger partial charge in [0.15, 0.2) is 15.6 Å². The van der Waals surface area contributed by atoms with Gasteiger partial charge in [-0.1, -0.05) is 0 Å². The quantitative estimate of drug-likeness (QED) is 0.645. The van der Waals surface area contributed by atoms with Crippen LogP contribution in [0.5, 0.6) is 5.75 Å². The number of carbonyl (C=O) groups is 1. The van der Waals surface area contributed by atoms with Crippen molar-refractivity contribution in [2.75, 3.05) is 6.26 Å². The van der Waals surface area contributed by atoms with Crippen molar-refractivity contribution in [3.63, 3.8) is 0 Å². The molecule has 2 aromatic heterocycles. The lowest BCUT2D eigenvalue weighted by atomic mass is 10.2. The number of aromatic carboxylic acids is 1. The fourth-order valence-corrected chi connectivity index (χ4v) is 3.56. The molecule has 0 saturated carbocycles. The van der Waals surface area contributed by atoms with E-state index in [9.17, 15) is 22.0 Å². The van der Waals surface area contributed by atoms with Gasteiger partial charge in [0, 0.05) is 12.3 Å². The number of benzene rings is 1. The van der Waals surface area contributed by atoms with Crippen molar-refractivity contribution < 1.29 is 31.8 Å². The Labute approximate surface area is 162 Å². The molecule has 0 bridgehead atoms. The molecule has 0 aliphatic heterocycles. The second-order valence-electron chi connectivity index (χ2n) is 5.74. The molecule has 2 heterocycles. The molecule has 0 aliphatic rings. The molecule has 146 valence electrons. The van der Waals surface area contributed by atoms with Crippen LogP contribution in [0.2, 0.25) is 0 Å². The molecule has 1 aromatic carbocycles. The van der Waals surface area contributed by atoms with Gasteiger partial charge in [-0.25, -0.2) is 27.0 Å². The molecular formula is C17H12F2N2O5S2. The Balaban J connectivity index is 1.92. The molecule has 28 heavy (non-hydrogen) atoms. The van der Waals surface area contributed by atoms with Gasteiger partial charge >= 0.3 is 5.97 Å². The Morgan fingerprint density at radius 2 is 1.93 bits per heavy atom. The van der Waals surface area contributed by atoms with Crippen LogP contribution < -0.4 is 4.74 Å². The van der Waals surface area contributed by atoms with E-state index >= 15 is 0 Å². The largest absolute Gasteiger partial charge is 0.486 e. The van der Waals surface area contributed by atoms with Crippen molar-refractivity contribution in [2.45, 2.75) is 11.5 Å². The molecule has 0 atom stereocenters. The SMILES string of the molecule is CS(=O)(=O)c1cc(F)cc(COc2cc(F)cnc2-c2cc(C(=O)O)sn2)c1. The minimum absolute atomic E-state index is 0.0324. The molecule has 0 fully saturated rings. The van der Waals surface area contributed by atoms with Crippen LogP contribution in [0.3, 0.4) is 0 Å². The van der Waals surface area contributed by atoms with Gasteiger partial charge in [-0.2, -0.15) is 4.37 Å². The van der Waals surface area contributed by atoms with E-state index in [2.05, 4.69) is 9.36 Å². The van der Waals surface area contributed by atoms with Gasteiger partial charge in [-0.05, 0) is 41.4 Å². The summed E-state index contributed by atoms with van der Waals surface area (Å²) < 4.78 is 60.1. The van der Waals surface area contributed by atoms with Crippen molar-refractivity contribution >= 4 is 27.3 Å². The predicted molar refractivity (Wildman–Crippen MR) is 96.1 cm³/mol. The van der Waals surface area contributed by atoms with Crippen molar-refractivity contribution in [3.8, 4) is 17.1 Å². The zero-order chi connectivity index (χ0) is 20.5. The first-order valence-corrected chi connectivity index (χ1v) is 10.3. The summed E-state index contributed by atoms with van der Waals surface area (Å²) in [5.74, 6) is -2.68. The summed E-state index contributed by atoms with van der Waals surface area (Å²) in [6, 6.07) is 5.52. The second kappa shape index (κ2) is 7.60. The highest BCUT2D eigenvalue weighted by molar-refractivity contribution is 7.90. The molecule has 0 amide bonds. The molecule has 0 unspecified atom stereocenters. The highest BCUT2D eigenvalue weighted by Gasteiger charge is 2.17. The number of aromatic nitrogens is 2. The summed E-state index contributed by atoms with van der Waals surface area (Å²) in [7, 11) is -3.63. The normalized spacial score (nSPS) is 11.4. The van der Waals surface area contributed by atoms with Crippen LogP contribution >= 0.6 is 11.5 Å². The zero-order valence-electron chi connectivity index (χ0n) is 14.2. The van der Waals surface area contributed by atoms with E-state index in [0.29, 0.717) is 0 Å². The van der Waals surface area contributed by atoms with E-state index in [1.807, 2.05) is 0 Å². The number of hydrogen-bond donors (Lipinski definition) is 1. The third-order valence-electron chi connectivity index (χ3n) is 3.54. The number of nitrogens with zero attached hydrogens (tertiary/aromatic N) is 2. The van der Waals surface area contributed by atoms with Crippen LogP contribution in [0.25, 0.3) is 11.4 Å². The molecule has 0 spiro atoms. The molecule has 0 radical (unpaired) electrons. The first kappa shape index (κ1) is 19.8. The Bertz CT molecular complexity index is 1160. The lowest BCUT2D eigenvalue weighted by Gasteiger charge is -2.11. The van der Waals surface area contributed by atoms with Gasteiger partial charge in [-0.3, -0.25) is 0 Å². The molecular weight excluding hydrogens is 414 g/mol. The minimum atomic E-state index is -3.63. The molecule has 3 rings (SSSR count). The average molecular weight is 426 g/mol. The third-order valence-corrected chi connectivity index (χ3v) is 5.41. The van der Waals surface area contributed by atoms with E-state index in [4.69, 9.17) is 9.84 Å². The van der Waals surface area contributed by atoms with Gasteiger partial charge < -0.3 is 9.84 Å². The fourth-order valence-electron chi connectivity index (χ4n) is 2.29. The first-order chi connectivity index (χ1) is 13.1. The lowest BCUT2D eigenvalue weighted by Crippen LogP contribution is -2.03. The number of carboxylic acid groups (broad SMARTS) is 1. The number of sulfone groups is 1. The second-order valence-corrected chi connectivity index (χ2v) is 8.56. The number of pyridine rings is 1. The van der Waals surface area contributed by atoms with Crippen LogP contribution in [0.15, 0.2) is 41.4 Å². The van der Waals surface area contributed by atoms with Crippen molar-refractivity contribution in [1.29, 1.82) is 0 Å². The number of hydrogen-bond acceptors (Lipinski definition) is 7. The molecule has 11 heteroatoms. The number of halogens is 2. The van der Waals surface area contributed by atoms with Gasteiger partial charge in [0.05, 0.1) is 11.1 Å². The number of ether oxygens (including phenoxy) is 1. The standard InChI is InChI=1S/C17H12F2N2O5S2/c1-28(24,25)12-3-9(2-10(18)4-12)8-26-14-5-11(19)7-20-16(14)13-6-15(17(22)23)27-21-13/h2-7H,8H2,1H3,(H,22,23). The minimum Gasteiger partial charge on any atom is -0.486 e. The lowest BCUT2D eigenvalue weighted by molar-refractivity contribution is 0.0702. The Morgan fingerprint density at radius 1 is 1.18 bits per heavy atom. The van der Waals surface area contributed by atoms with Crippen molar-refractivity contribution in [3.05, 3.63) is 58.6 Å². The summed E-state index contributed by atoms with van der Waals surface area (Å²) in [6.45, 7) is -0.270. The van der Waals surface area contributed by atoms with Crippen molar-refractivity contribution in [1.82, 2.24) is 9.36 Å². The Hall–Kier alpha value is -2.92. The zero-order valence-corrected chi connectivity index (χ0v) is 15.9. The van der Waals surface area contributed by atoms with Gasteiger partial charge in [0.25, 0.3) is 0 Å². The molecule has 0 aliphatic carbocycles. The topological polar surface area (TPSA) is 106 Å². The van der Waals surface area contributed by atoms with Gasteiger partial charge in [0.1, 0.15) is 34.5 Å². The Morgan fingerprint density at radius 3 is 2.57 bits per heavy atom. The molecule has 3 aromatic rings. The van der Waals surface area contributed by atoms with Crippen LogP contribution in [-0.4, -0.2) is 35.1 Å². The van der Waals surface area contributed by atoms with E-state index in [1.54, 1.807) is 0 Å². The van der Waals surface area contributed by atoms with Crippen LogP contribution in [0, 0.1) is 11.6 Å². The smallest absolute Gasteiger partial charge is 0.347 e. The van der Waals surface area contributed by atoms with Gasteiger partial charge in [-0.15, -0.1) is 0 Å². The van der Waals surface area contributed by atoms with Crippen LogP contribution in [0.1, 0.15) is 15.2 Å². The van der Waals surface area contributed by atoms with Crippen molar-refractivity contribution in [2.24, 2.45) is 0 Å². The van der Waals surface area contributed by atoms with E-state index in [0.717, 1.165) is 42.2 Å². The Kier molecular flexibility index (Phi) is 5.38. The average Bonchev–Trinajstić information content (AvgIpc) is 3.09. The van der Waals surface area contributed by atoms with E-state index in [-0.39, 0.29) is 39.1 Å². The monoisotopic (exact) mass is 426 g/mol. The highest BCUT2D eigenvalue weighted by Crippen LogP contribution is 2.30. The molecule has 0 saturated heterocycles. The third kappa shape index (κ3) is 4.49. The van der Waals surface area contributed by atoms with E-state index in [1.165, 1.54) is 12.1 Å². The number of carboxylic acids is 1. The first-order valence-electron chi connectivity index (χ1n) is 7.62. The molecule has 1 N–H and O–H groups in total. The number of rotatable bonds is 6. The van der Waals surface area contributed by atoms with E-state index < -0.39 is 27.4 Å². The summed E-state index contributed by atoms with van der Waals surface area (Å²) in [4.78, 5) is 14.7. The summed E-state index contributed by atoms with van der Waals surface area (Å²) >= 11 is 0.731. The summed E-state index contributed by atoms with van der Waals surface area (Å²) in [5, 5.41) is 9.00. The van der Waals surface area contributed by atoms with Gasteiger partial charge in [0.2, 0.25) is 0 Å². The summed E-state index contributed by atoms with van der Waals surface area (Å²) in [5.41, 5.74) is 0.485. The maximum atomic E-state index is 13.7. The molecule has 7 nitrogen and oxygen atoms in total. The van der Waals surface area contributed by atoms with Crippen LogP contribution in [-0.2, 0) is 16.4 Å². The maximum Gasteiger partial charge on any atom is 0.347 e. The highest BCUT2D eigenvalue weighted by atomic mass is 32.2.